The van der Waals surface area contributed by atoms with Gasteiger partial charge in [0, 0.05) is 12.1 Å². The molecule has 114 valence electrons. The Morgan fingerprint density at radius 2 is 1.71 bits per heavy atom. The Balaban J connectivity index is 1.55. The van der Waals surface area contributed by atoms with Crippen molar-refractivity contribution in [2.45, 2.75) is 58.4 Å². The molecule has 0 saturated heterocycles. The minimum absolute atomic E-state index is 0.469. The lowest BCUT2D eigenvalue weighted by atomic mass is 9.48. The van der Waals surface area contributed by atoms with Gasteiger partial charge in [-0.1, -0.05) is 11.6 Å². The Morgan fingerprint density at radius 3 is 2.24 bits per heavy atom. The number of nitrogens with one attached hydrogen (secondary N) is 1. The van der Waals surface area contributed by atoms with Gasteiger partial charge < -0.3 is 5.32 Å². The highest BCUT2D eigenvalue weighted by atomic mass is 35.5. The zero-order valence-corrected chi connectivity index (χ0v) is 13.7. The SMILES string of the molecule is Cc1nc(Cl)cc(NC(C)C23CC4CC(CC(C4)C2)C3)n1. The lowest BCUT2D eigenvalue weighted by Gasteiger charge is -2.59. The Hall–Kier alpha value is -0.830. The second kappa shape index (κ2) is 4.84. The highest BCUT2D eigenvalue weighted by Crippen LogP contribution is 2.61. The number of aromatic nitrogens is 2. The summed E-state index contributed by atoms with van der Waals surface area (Å²) in [6.07, 6.45) is 8.69. The van der Waals surface area contributed by atoms with Gasteiger partial charge in [-0.15, -0.1) is 0 Å². The number of nitrogens with zero attached hydrogens (tertiary/aromatic N) is 2. The van der Waals surface area contributed by atoms with Crippen LogP contribution in [0.1, 0.15) is 51.3 Å². The van der Waals surface area contributed by atoms with Crippen LogP contribution in [0.5, 0.6) is 0 Å². The lowest BCUT2D eigenvalue weighted by molar-refractivity contribution is -0.0603. The van der Waals surface area contributed by atoms with E-state index in [1.807, 2.05) is 13.0 Å². The van der Waals surface area contributed by atoms with Gasteiger partial charge in [0.15, 0.2) is 0 Å². The van der Waals surface area contributed by atoms with E-state index in [2.05, 4.69) is 22.2 Å². The van der Waals surface area contributed by atoms with E-state index in [-0.39, 0.29) is 0 Å². The number of aryl methyl sites for hydroxylation is 1. The van der Waals surface area contributed by atoms with Gasteiger partial charge in [-0.3, -0.25) is 0 Å². The molecular weight excluding hydrogens is 282 g/mol. The third kappa shape index (κ3) is 2.44. The molecule has 4 aliphatic rings. The first-order chi connectivity index (χ1) is 10.0. The fraction of sp³-hybridized carbons (Fsp3) is 0.765. The molecule has 4 fully saturated rings. The molecule has 21 heavy (non-hydrogen) atoms. The first kappa shape index (κ1) is 13.8. The summed E-state index contributed by atoms with van der Waals surface area (Å²) in [5.74, 6) is 4.57. The first-order valence-electron chi connectivity index (χ1n) is 8.30. The van der Waals surface area contributed by atoms with Gasteiger partial charge in [-0.05, 0) is 75.5 Å². The van der Waals surface area contributed by atoms with E-state index in [4.69, 9.17) is 11.6 Å². The summed E-state index contributed by atoms with van der Waals surface area (Å²) in [5.41, 5.74) is 0.486. The summed E-state index contributed by atoms with van der Waals surface area (Å²) >= 11 is 6.06. The van der Waals surface area contributed by atoms with Crippen molar-refractivity contribution >= 4 is 17.4 Å². The Labute approximate surface area is 131 Å². The minimum atomic E-state index is 0.469. The largest absolute Gasteiger partial charge is 0.367 e. The fourth-order valence-electron chi connectivity index (χ4n) is 5.69. The van der Waals surface area contributed by atoms with Crippen molar-refractivity contribution in [2.24, 2.45) is 23.2 Å². The number of rotatable bonds is 3. The molecule has 0 radical (unpaired) electrons. The average Bonchev–Trinajstić information content (AvgIpc) is 2.35. The summed E-state index contributed by atoms with van der Waals surface area (Å²) in [7, 11) is 0. The van der Waals surface area contributed by atoms with E-state index in [1.54, 1.807) is 0 Å². The monoisotopic (exact) mass is 305 g/mol. The Kier molecular flexibility index (Phi) is 3.18. The standard InChI is InChI=1S/C17H24ClN3/c1-10(19-16-6-15(18)20-11(2)21-16)17-7-12-3-13(8-17)5-14(4-12)9-17/h6,10,12-14H,3-5,7-9H2,1-2H3,(H,19,20,21). The normalized spacial score (nSPS) is 38.5. The van der Waals surface area contributed by atoms with Gasteiger partial charge in [0.05, 0.1) is 0 Å². The molecule has 3 nitrogen and oxygen atoms in total. The fourth-order valence-corrected chi connectivity index (χ4v) is 5.91. The van der Waals surface area contributed by atoms with E-state index in [9.17, 15) is 0 Å². The molecule has 0 amide bonds. The van der Waals surface area contributed by atoms with Crippen molar-refractivity contribution < 1.29 is 0 Å². The van der Waals surface area contributed by atoms with Crippen LogP contribution in [0.3, 0.4) is 0 Å². The molecule has 4 aliphatic carbocycles. The molecule has 1 unspecified atom stereocenters. The topological polar surface area (TPSA) is 37.8 Å². The minimum Gasteiger partial charge on any atom is -0.367 e. The van der Waals surface area contributed by atoms with Crippen LogP contribution in [0.4, 0.5) is 5.82 Å². The maximum Gasteiger partial charge on any atom is 0.134 e. The number of anilines is 1. The molecule has 0 aromatic carbocycles. The molecule has 4 bridgehead atoms. The third-order valence-electron chi connectivity index (χ3n) is 6.18. The van der Waals surface area contributed by atoms with Gasteiger partial charge in [-0.2, -0.15) is 0 Å². The van der Waals surface area contributed by atoms with Crippen LogP contribution in [0, 0.1) is 30.1 Å². The van der Waals surface area contributed by atoms with Crippen LogP contribution in [0.15, 0.2) is 6.07 Å². The zero-order chi connectivity index (χ0) is 14.6. The predicted molar refractivity (Wildman–Crippen MR) is 85.5 cm³/mol. The Morgan fingerprint density at radius 1 is 1.14 bits per heavy atom. The van der Waals surface area contributed by atoms with Crippen LogP contribution in [-0.2, 0) is 0 Å². The van der Waals surface area contributed by atoms with Crippen molar-refractivity contribution in [2.75, 3.05) is 5.32 Å². The predicted octanol–water partition coefficient (Wildman–Crippen LogP) is 4.46. The molecular formula is C17H24ClN3. The maximum atomic E-state index is 6.06. The van der Waals surface area contributed by atoms with Crippen LogP contribution in [0.2, 0.25) is 5.15 Å². The lowest BCUT2D eigenvalue weighted by Crippen LogP contribution is -2.53. The van der Waals surface area contributed by atoms with Gasteiger partial charge in [0.2, 0.25) is 0 Å². The van der Waals surface area contributed by atoms with E-state index in [0.29, 0.717) is 16.6 Å². The summed E-state index contributed by atoms with van der Waals surface area (Å²) < 4.78 is 0. The van der Waals surface area contributed by atoms with Crippen LogP contribution < -0.4 is 5.32 Å². The number of halogens is 1. The maximum absolute atomic E-state index is 6.06. The third-order valence-corrected chi connectivity index (χ3v) is 6.37. The quantitative estimate of drug-likeness (QED) is 0.838. The van der Waals surface area contributed by atoms with E-state index >= 15 is 0 Å². The van der Waals surface area contributed by atoms with Crippen LogP contribution >= 0.6 is 11.6 Å². The molecule has 0 aliphatic heterocycles. The first-order valence-corrected chi connectivity index (χ1v) is 8.68. The van der Waals surface area contributed by atoms with Crippen LogP contribution in [0.25, 0.3) is 0 Å². The van der Waals surface area contributed by atoms with Gasteiger partial charge in [0.25, 0.3) is 0 Å². The van der Waals surface area contributed by atoms with Crippen molar-refractivity contribution in [1.29, 1.82) is 0 Å². The van der Waals surface area contributed by atoms with E-state index in [0.717, 1.165) is 29.4 Å². The number of hydrogen-bond donors (Lipinski definition) is 1. The average molecular weight is 306 g/mol. The number of hydrogen-bond acceptors (Lipinski definition) is 3. The molecule has 5 rings (SSSR count). The second-order valence-corrected chi connectivity index (χ2v) is 8.16. The summed E-state index contributed by atoms with van der Waals surface area (Å²) in [6.45, 7) is 4.24. The smallest absolute Gasteiger partial charge is 0.134 e. The Bertz CT molecular complexity index is 501. The molecule has 1 heterocycles. The molecule has 1 N–H and O–H groups in total. The van der Waals surface area contributed by atoms with Gasteiger partial charge >= 0.3 is 0 Å². The van der Waals surface area contributed by atoms with E-state index in [1.165, 1.54) is 38.5 Å². The van der Waals surface area contributed by atoms with Crippen molar-refractivity contribution in [3.63, 3.8) is 0 Å². The summed E-state index contributed by atoms with van der Waals surface area (Å²) in [4.78, 5) is 8.64. The molecule has 1 aromatic rings. The highest BCUT2D eigenvalue weighted by Gasteiger charge is 2.53. The van der Waals surface area contributed by atoms with Crippen molar-refractivity contribution in [3.8, 4) is 0 Å². The molecule has 4 saturated carbocycles. The van der Waals surface area contributed by atoms with E-state index < -0.39 is 0 Å². The van der Waals surface area contributed by atoms with Crippen molar-refractivity contribution in [1.82, 2.24) is 9.97 Å². The summed E-state index contributed by atoms with van der Waals surface area (Å²) in [5, 5.41) is 4.18. The van der Waals surface area contributed by atoms with Crippen LogP contribution in [-0.4, -0.2) is 16.0 Å². The second-order valence-electron chi connectivity index (χ2n) is 7.77. The van der Waals surface area contributed by atoms with Gasteiger partial charge in [-0.25, -0.2) is 9.97 Å². The highest BCUT2D eigenvalue weighted by molar-refractivity contribution is 6.29. The molecule has 1 atom stereocenters. The zero-order valence-electron chi connectivity index (χ0n) is 12.9. The van der Waals surface area contributed by atoms with Crippen molar-refractivity contribution in [3.05, 3.63) is 17.0 Å². The molecule has 1 aromatic heterocycles. The summed E-state index contributed by atoms with van der Waals surface area (Å²) in [6, 6.07) is 2.32. The molecule has 4 heteroatoms. The van der Waals surface area contributed by atoms with Gasteiger partial charge in [0.1, 0.15) is 16.8 Å². The molecule has 0 spiro atoms.